The van der Waals surface area contributed by atoms with Gasteiger partial charge in [-0.25, -0.2) is 28.6 Å². The lowest BCUT2D eigenvalue weighted by molar-refractivity contribution is -0.164. The van der Waals surface area contributed by atoms with Crippen molar-refractivity contribution in [3.05, 3.63) is 47.9 Å². The molecule has 0 spiro atoms. The largest absolute Gasteiger partial charge is 0.434 e. The number of hydrazine groups is 1. The van der Waals surface area contributed by atoms with Gasteiger partial charge in [0.15, 0.2) is 10.7 Å². The number of piperazine rings is 1. The van der Waals surface area contributed by atoms with E-state index in [9.17, 15) is 39.6 Å². The van der Waals surface area contributed by atoms with E-state index in [2.05, 4.69) is 9.97 Å². The van der Waals surface area contributed by atoms with Crippen LogP contribution in [-0.2, 0) is 16.2 Å². The Hall–Kier alpha value is -2.82. The monoisotopic (exact) mass is 540 g/mol. The normalized spacial score (nSPS) is 17.7. The van der Waals surface area contributed by atoms with Gasteiger partial charge in [0.1, 0.15) is 0 Å². The number of hydrogen-bond acceptors (Lipinski definition) is 7. The fourth-order valence-electron chi connectivity index (χ4n) is 3.86. The zero-order valence-electron chi connectivity index (χ0n) is 19.0. The molecular weight excluding hydrogens is 518 g/mol. The summed E-state index contributed by atoms with van der Waals surface area (Å²) < 4.78 is 104. The van der Waals surface area contributed by atoms with Crippen LogP contribution in [0.2, 0.25) is 0 Å². The molecule has 198 valence electrons. The maximum Gasteiger partial charge on any atom is 0.434 e. The van der Waals surface area contributed by atoms with Crippen LogP contribution < -0.4 is 10.1 Å². The molecule has 2 aromatic rings. The zero-order valence-corrected chi connectivity index (χ0v) is 19.8. The lowest BCUT2D eigenvalue weighted by Crippen LogP contribution is -2.65. The second-order valence-electron chi connectivity index (χ2n) is 8.65. The van der Waals surface area contributed by atoms with Crippen LogP contribution in [0.5, 0.6) is 0 Å². The minimum atomic E-state index is -4.99. The van der Waals surface area contributed by atoms with E-state index in [1.54, 1.807) is 0 Å². The highest BCUT2D eigenvalue weighted by Gasteiger charge is 2.44. The second kappa shape index (κ2) is 9.57. The standard InChI is InChI=1S/C20H22F6N6O3S/c1-18(2)11-31(9-8-30(18)12-19(21,22)23)32(13-5-7-28-15(10-13)36(27,34)35)17(33)14-4-3-6-29-16(14)20(24,25)26/h3-7,10H,8-9,11-12H2,1-2H3,(H2,27,34,35). The van der Waals surface area contributed by atoms with Crippen LogP contribution in [-0.4, -0.2) is 72.1 Å². The summed E-state index contributed by atoms with van der Waals surface area (Å²) in [5, 5.41) is 6.50. The molecular formula is C20H22F6N6O3S. The molecule has 0 saturated carbocycles. The van der Waals surface area contributed by atoms with Gasteiger partial charge < -0.3 is 0 Å². The third kappa shape index (κ3) is 6.29. The molecule has 3 rings (SSSR count). The number of sulfonamides is 1. The van der Waals surface area contributed by atoms with Gasteiger partial charge in [0.05, 0.1) is 17.8 Å². The van der Waals surface area contributed by atoms with E-state index in [-0.39, 0.29) is 25.3 Å². The number of aromatic nitrogens is 2. The predicted molar refractivity (Wildman–Crippen MR) is 115 cm³/mol. The van der Waals surface area contributed by atoms with Gasteiger partial charge in [-0.15, -0.1) is 0 Å². The molecule has 0 atom stereocenters. The molecule has 3 heterocycles. The molecule has 36 heavy (non-hydrogen) atoms. The highest BCUT2D eigenvalue weighted by atomic mass is 32.2. The number of amides is 1. The van der Waals surface area contributed by atoms with E-state index >= 15 is 0 Å². The molecule has 0 aromatic carbocycles. The molecule has 0 unspecified atom stereocenters. The van der Waals surface area contributed by atoms with Gasteiger partial charge in [-0.3, -0.25) is 14.7 Å². The van der Waals surface area contributed by atoms with Crippen molar-refractivity contribution >= 4 is 21.6 Å². The summed E-state index contributed by atoms with van der Waals surface area (Å²) in [6.07, 6.45) is -7.64. The van der Waals surface area contributed by atoms with E-state index in [0.29, 0.717) is 0 Å². The molecule has 1 aliphatic rings. The van der Waals surface area contributed by atoms with Crippen LogP contribution in [0.25, 0.3) is 0 Å². The number of pyridine rings is 2. The van der Waals surface area contributed by atoms with Crippen LogP contribution in [0.4, 0.5) is 32.0 Å². The van der Waals surface area contributed by atoms with Crippen LogP contribution in [0.3, 0.4) is 0 Å². The fourth-order valence-corrected chi connectivity index (χ4v) is 4.35. The summed E-state index contributed by atoms with van der Waals surface area (Å²) in [5.41, 5.74) is -3.69. The Labute approximate surface area is 202 Å². The second-order valence-corrected chi connectivity index (χ2v) is 10.2. The summed E-state index contributed by atoms with van der Waals surface area (Å²) >= 11 is 0. The quantitative estimate of drug-likeness (QED) is 0.581. The molecule has 2 N–H and O–H groups in total. The van der Waals surface area contributed by atoms with Crippen LogP contribution in [0, 0.1) is 0 Å². The van der Waals surface area contributed by atoms with E-state index in [0.717, 1.165) is 40.5 Å². The van der Waals surface area contributed by atoms with Crippen molar-refractivity contribution < 1.29 is 39.6 Å². The maximum atomic E-state index is 13.6. The van der Waals surface area contributed by atoms with Crippen molar-refractivity contribution in [1.29, 1.82) is 0 Å². The van der Waals surface area contributed by atoms with Crippen molar-refractivity contribution in [3.8, 4) is 0 Å². The Morgan fingerprint density at radius 3 is 2.33 bits per heavy atom. The Bertz CT molecular complexity index is 1230. The highest BCUT2D eigenvalue weighted by molar-refractivity contribution is 7.89. The lowest BCUT2D eigenvalue weighted by atomic mass is 9.99. The fraction of sp³-hybridized carbons (Fsp3) is 0.450. The number of rotatable bonds is 5. The number of hydrogen-bond donors (Lipinski definition) is 1. The SMILES string of the molecule is CC1(C)CN(N(C(=O)c2cccnc2C(F)(F)F)c2ccnc(S(N)(=O)=O)c2)CCN1CC(F)(F)F. The summed E-state index contributed by atoms with van der Waals surface area (Å²) in [4.78, 5) is 21.6. The van der Waals surface area contributed by atoms with Crippen LogP contribution >= 0.6 is 0 Å². The van der Waals surface area contributed by atoms with Crippen LogP contribution in [0.15, 0.2) is 41.7 Å². The van der Waals surface area contributed by atoms with Crippen molar-refractivity contribution in [2.75, 3.05) is 31.2 Å². The van der Waals surface area contributed by atoms with Gasteiger partial charge >= 0.3 is 12.4 Å². The molecule has 9 nitrogen and oxygen atoms in total. The third-order valence-corrected chi connectivity index (χ3v) is 6.27. The first-order valence-corrected chi connectivity index (χ1v) is 11.9. The predicted octanol–water partition coefficient (Wildman–Crippen LogP) is 2.66. The Morgan fingerprint density at radius 1 is 1.11 bits per heavy atom. The van der Waals surface area contributed by atoms with E-state index < -0.39 is 56.7 Å². The van der Waals surface area contributed by atoms with Gasteiger partial charge in [0.25, 0.3) is 15.9 Å². The number of nitrogens with two attached hydrogens (primary N) is 1. The minimum Gasteiger partial charge on any atom is -0.287 e. The first kappa shape index (κ1) is 27.8. The number of nitrogens with zero attached hydrogens (tertiary/aromatic N) is 5. The molecule has 2 aromatic heterocycles. The maximum absolute atomic E-state index is 13.6. The number of carbonyl (C=O) groups is 1. The molecule has 1 fully saturated rings. The molecule has 1 aliphatic heterocycles. The van der Waals surface area contributed by atoms with Gasteiger partial charge in [0, 0.05) is 43.6 Å². The number of halogens is 6. The Kier molecular flexibility index (Phi) is 7.38. The molecule has 0 radical (unpaired) electrons. The average Bonchev–Trinajstić information content (AvgIpc) is 2.74. The van der Waals surface area contributed by atoms with Crippen molar-refractivity contribution in [1.82, 2.24) is 19.9 Å². The third-order valence-electron chi connectivity index (χ3n) is 5.46. The lowest BCUT2D eigenvalue weighted by Gasteiger charge is -2.50. The average molecular weight is 540 g/mol. The van der Waals surface area contributed by atoms with Gasteiger partial charge in [-0.1, -0.05) is 0 Å². The van der Waals surface area contributed by atoms with E-state index in [1.807, 2.05) is 0 Å². The molecule has 0 aliphatic carbocycles. The van der Waals surface area contributed by atoms with Crippen molar-refractivity contribution in [2.45, 2.75) is 36.8 Å². The Morgan fingerprint density at radius 2 is 1.78 bits per heavy atom. The van der Waals surface area contributed by atoms with Crippen molar-refractivity contribution in [3.63, 3.8) is 0 Å². The highest BCUT2D eigenvalue weighted by Crippen LogP contribution is 2.34. The van der Waals surface area contributed by atoms with E-state index in [4.69, 9.17) is 5.14 Å². The zero-order chi connectivity index (χ0) is 27.1. The van der Waals surface area contributed by atoms with Gasteiger partial charge in [-0.05, 0) is 32.0 Å². The van der Waals surface area contributed by atoms with Crippen molar-refractivity contribution in [2.24, 2.45) is 5.14 Å². The van der Waals surface area contributed by atoms with E-state index in [1.165, 1.54) is 24.9 Å². The minimum absolute atomic E-state index is 0.192. The first-order chi connectivity index (χ1) is 16.4. The number of carbonyl (C=O) groups excluding carboxylic acids is 1. The first-order valence-electron chi connectivity index (χ1n) is 10.3. The molecule has 16 heteroatoms. The number of alkyl halides is 6. The molecule has 1 saturated heterocycles. The Balaban J connectivity index is 2.11. The van der Waals surface area contributed by atoms with Crippen LogP contribution in [0.1, 0.15) is 29.9 Å². The summed E-state index contributed by atoms with van der Waals surface area (Å²) in [5.74, 6) is -1.22. The summed E-state index contributed by atoms with van der Waals surface area (Å²) in [6.45, 7) is 1.14. The number of anilines is 1. The number of primary sulfonamides is 1. The smallest absolute Gasteiger partial charge is 0.287 e. The summed E-state index contributed by atoms with van der Waals surface area (Å²) in [7, 11) is -4.36. The van der Waals surface area contributed by atoms with Gasteiger partial charge in [0.2, 0.25) is 0 Å². The van der Waals surface area contributed by atoms with Gasteiger partial charge in [-0.2, -0.15) is 26.3 Å². The summed E-state index contributed by atoms with van der Waals surface area (Å²) in [6, 6.07) is 4.09. The molecule has 1 amide bonds. The topological polar surface area (TPSA) is 113 Å². The molecule has 0 bridgehead atoms.